The Bertz CT molecular complexity index is 1000. The molecule has 30 heavy (non-hydrogen) atoms. The number of nitrogens with zero attached hydrogens (tertiary/aromatic N) is 3. The number of carbonyl (C=O) groups is 2. The number of para-hydroxylation sites is 1. The van der Waals surface area contributed by atoms with Gasteiger partial charge in [-0.3, -0.25) is 10.1 Å². The molecule has 0 fully saturated rings. The van der Waals surface area contributed by atoms with Crippen molar-refractivity contribution in [3.63, 3.8) is 0 Å². The van der Waals surface area contributed by atoms with Crippen molar-refractivity contribution < 1.29 is 14.3 Å². The van der Waals surface area contributed by atoms with E-state index >= 15 is 0 Å². The lowest BCUT2D eigenvalue weighted by molar-refractivity contribution is 0.0635. The number of rotatable bonds is 5. The normalized spacial score (nSPS) is 11.1. The van der Waals surface area contributed by atoms with Gasteiger partial charge >= 0.3 is 6.09 Å². The molecule has 0 atom stereocenters. The number of hydrogen-bond acceptors (Lipinski definition) is 4. The van der Waals surface area contributed by atoms with Crippen LogP contribution in [0.5, 0.6) is 0 Å². The van der Waals surface area contributed by atoms with E-state index in [2.05, 4.69) is 10.4 Å². The zero-order valence-corrected chi connectivity index (χ0v) is 17.6. The lowest BCUT2D eigenvalue weighted by Gasteiger charge is -2.20. The van der Waals surface area contributed by atoms with Gasteiger partial charge in [0.25, 0.3) is 5.91 Å². The highest BCUT2D eigenvalue weighted by Gasteiger charge is 2.17. The van der Waals surface area contributed by atoms with E-state index in [4.69, 9.17) is 4.74 Å². The number of anilines is 1. The topological polar surface area (TPSA) is 76.5 Å². The van der Waals surface area contributed by atoms with Crippen LogP contribution in [0.3, 0.4) is 0 Å². The maximum Gasteiger partial charge on any atom is 0.412 e. The van der Waals surface area contributed by atoms with E-state index in [1.54, 1.807) is 67.9 Å². The first-order chi connectivity index (χ1) is 14.2. The molecule has 3 aromatic rings. The highest BCUT2D eigenvalue weighted by molar-refractivity contribution is 5.95. The second-order valence-corrected chi connectivity index (χ2v) is 7.99. The van der Waals surface area contributed by atoms with Crippen molar-refractivity contribution in [3.8, 4) is 5.69 Å². The molecule has 0 saturated heterocycles. The van der Waals surface area contributed by atoms with Crippen molar-refractivity contribution in [3.05, 3.63) is 78.1 Å². The third-order valence-corrected chi connectivity index (χ3v) is 4.20. The lowest BCUT2D eigenvalue weighted by atomic mass is 10.1. The predicted molar refractivity (Wildman–Crippen MR) is 116 cm³/mol. The lowest BCUT2D eigenvalue weighted by Crippen LogP contribution is -2.27. The summed E-state index contributed by atoms with van der Waals surface area (Å²) in [5.74, 6) is -0.119. The molecule has 3 rings (SSSR count). The fourth-order valence-corrected chi connectivity index (χ4v) is 2.85. The minimum atomic E-state index is -0.572. The molecule has 1 aromatic heterocycles. The van der Waals surface area contributed by atoms with Gasteiger partial charge in [0.1, 0.15) is 5.60 Å². The summed E-state index contributed by atoms with van der Waals surface area (Å²) in [6.45, 7) is 5.83. The van der Waals surface area contributed by atoms with Crippen LogP contribution in [0.25, 0.3) is 5.69 Å². The van der Waals surface area contributed by atoms with E-state index in [1.165, 1.54) is 0 Å². The highest BCUT2D eigenvalue weighted by atomic mass is 16.6. The monoisotopic (exact) mass is 406 g/mol. The number of amides is 2. The Morgan fingerprint density at radius 2 is 1.73 bits per heavy atom. The fraction of sp³-hybridized carbons (Fsp3) is 0.261. The molecule has 7 heteroatoms. The molecule has 1 N–H and O–H groups in total. The summed E-state index contributed by atoms with van der Waals surface area (Å²) in [6.07, 6.45) is 3.13. The molecule has 0 radical (unpaired) electrons. The van der Waals surface area contributed by atoms with Gasteiger partial charge in [-0.15, -0.1) is 0 Å². The molecule has 0 aliphatic heterocycles. The summed E-state index contributed by atoms with van der Waals surface area (Å²) < 4.78 is 7.01. The maximum atomic E-state index is 12.7. The third kappa shape index (κ3) is 5.70. The van der Waals surface area contributed by atoms with Gasteiger partial charge in [0.15, 0.2) is 0 Å². The molecular formula is C23H26N4O3. The summed E-state index contributed by atoms with van der Waals surface area (Å²) in [4.78, 5) is 26.2. The minimum Gasteiger partial charge on any atom is -0.444 e. The van der Waals surface area contributed by atoms with Crippen molar-refractivity contribution in [1.82, 2.24) is 14.7 Å². The first-order valence-electron chi connectivity index (χ1n) is 9.66. The average molecular weight is 406 g/mol. The van der Waals surface area contributed by atoms with Crippen LogP contribution in [0, 0.1) is 0 Å². The van der Waals surface area contributed by atoms with Gasteiger partial charge in [-0.05, 0) is 57.2 Å². The Morgan fingerprint density at radius 3 is 2.37 bits per heavy atom. The molecule has 1 heterocycles. The van der Waals surface area contributed by atoms with Crippen LogP contribution in [0.4, 0.5) is 10.5 Å². The molecule has 156 valence electrons. The molecular weight excluding hydrogens is 380 g/mol. The highest BCUT2D eigenvalue weighted by Crippen LogP contribution is 2.15. The van der Waals surface area contributed by atoms with E-state index in [0.29, 0.717) is 17.8 Å². The molecule has 2 amide bonds. The van der Waals surface area contributed by atoms with Crippen LogP contribution >= 0.6 is 0 Å². The quantitative estimate of drug-likeness (QED) is 0.677. The van der Waals surface area contributed by atoms with Crippen LogP contribution in [-0.2, 0) is 11.3 Å². The Morgan fingerprint density at radius 1 is 1.07 bits per heavy atom. The van der Waals surface area contributed by atoms with E-state index in [1.807, 2.05) is 36.5 Å². The SMILES string of the molecule is CN(Cc1cnn(-c2ccccc2)c1)C(=O)c1ccc(NC(=O)OC(C)(C)C)cc1. The average Bonchev–Trinajstić information content (AvgIpc) is 3.15. The summed E-state index contributed by atoms with van der Waals surface area (Å²) in [6, 6.07) is 16.5. The number of carbonyl (C=O) groups excluding carboxylic acids is 2. The van der Waals surface area contributed by atoms with E-state index in [-0.39, 0.29) is 5.91 Å². The van der Waals surface area contributed by atoms with E-state index in [9.17, 15) is 9.59 Å². The Kier molecular flexibility index (Phi) is 6.20. The van der Waals surface area contributed by atoms with Crippen LogP contribution in [0.15, 0.2) is 67.0 Å². The van der Waals surface area contributed by atoms with Crippen LogP contribution in [0.2, 0.25) is 0 Å². The van der Waals surface area contributed by atoms with Crippen LogP contribution in [0.1, 0.15) is 36.7 Å². The number of aromatic nitrogens is 2. The Balaban J connectivity index is 1.60. The van der Waals surface area contributed by atoms with Gasteiger partial charge in [-0.1, -0.05) is 18.2 Å². The number of nitrogens with one attached hydrogen (secondary N) is 1. The number of ether oxygens (including phenoxy) is 1. The van der Waals surface area contributed by atoms with Gasteiger partial charge in [0.05, 0.1) is 11.9 Å². The van der Waals surface area contributed by atoms with Crippen LogP contribution in [-0.4, -0.2) is 39.3 Å². The van der Waals surface area contributed by atoms with E-state index in [0.717, 1.165) is 11.3 Å². The first-order valence-corrected chi connectivity index (χ1v) is 9.66. The Labute approximate surface area is 176 Å². The zero-order valence-electron chi connectivity index (χ0n) is 17.6. The fourth-order valence-electron chi connectivity index (χ4n) is 2.85. The summed E-state index contributed by atoms with van der Waals surface area (Å²) in [5.41, 5.74) is 2.41. The molecule has 0 aliphatic carbocycles. The molecule has 0 aliphatic rings. The molecule has 0 bridgehead atoms. The second kappa shape index (κ2) is 8.82. The third-order valence-electron chi connectivity index (χ3n) is 4.20. The first kappa shape index (κ1) is 21.1. The van der Waals surface area contributed by atoms with Gasteiger partial charge in [-0.2, -0.15) is 5.10 Å². The molecule has 0 saturated carbocycles. The van der Waals surface area contributed by atoms with Gasteiger partial charge in [-0.25, -0.2) is 9.48 Å². The van der Waals surface area contributed by atoms with Gasteiger partial charge < -0.3 is 9.64 Å². The molecule has 2 aromatic carbocycles. The van der Waals surface area contributed by atoms with Crippen molar-refractivity contribution in [2.45, 2.75) is 32.9 Å². The standard InChI is InChI=1S/C23H26N4O3/c1-23(2,3)30-22(29)25-19-12-10-18(11-13-19)21(28)26(4)15-17-14-24-27(16-17)20-8-6-5-7-9-20/h5-14,16H,15H2,1-4H3,(H,25,29). The largest absolute Gasteiger partial charge is 0.444 e. The molecule has 7 nitrogen and oxygen atoms in total. The zero-order chi connectivity index (χ0) is 21.7. The smallest absolute Gasteiger partial charge is 0.412 e. The second-order valence-electron chi connectivity index (χ2n) is 7.99. The van der Waals surface area contributed by atoms with Crippen molar-refractivity contribution in [1.29, 1.82) is 0 Å². The number of benzene rings is 2. The maximum absolute atomic E-state index is 12.7. The predicted octanol–water partition coefficient (Wildman–Crippen LogP) is 4.49. The summed E-state index contributed by atoms with van der Waals surface area (Å²) >= 11 is 0. The number of hydrogen-bond donors (Lipinski definition) is 1. The van der Waals surface area contributed by atoms with E-state index < -0.39 is 11.7 Å². The minimum absolute atomic E-state index is 0.119. The molecule has 0 spiro atoms. The van der Waals surface area contributed by atoms with Crippen molar-refractivity contribution in [2.24, 2.45) is 0 Å². The van der Waals surface area contributed by atoms with Crippen molar-refractivity contribution in [2.75, 3.05) is 12.4 Å². The summed E-state index contributed by atoms with van der Waals surface area (Å²) in [7, 11) is 1.75. The summed E-state index contributed by atoms with van der Waals surface area (Å²) in [5, 5.41) is 7.02. The Hall–Kier alpha value is -3.61. The van der Waals surface area contributed by atoms with Crippen molar-refractivity contribution >= 4 is 17.7 Å². The molecule has 0 unspecified atom stereocenters. The van der Waals surface area contributed by atoms with Gasteiger partial charge in [0.2, 0.25) is 0 Å². The van der Waals surface area contributed by atoms with Gasteiger partial charge in [0, 0.05) is 36.6 Å². The van der Waals surface area contributed by atoms with Crippen LogP contribution < -0.4 is 5.32 Å².